The number of hydrogen-bond donors (Lipinski definition) is 3. The molecule has 144 valence electrons. The molecule has 0 heterocycles. The molecule has 0 aromatic heterocycles. The largest absolute Gasteiger partial charge is 0.478 e. The van der Waals surface area contributed by atoms with E-state index in [1.54, 1.807) is 44.2 Å². The third-order valence-corrected chi connectivity index (χ3v) is 5.36. The van der Waals surface area contributed by atoms with Gasteiger partial charge in [-0.2, -0.15) is 0 Å². The van der Waals surface area contributed by atoms with Gasteiger partial charge in [-0.3, -0.25) is 9.52 Å². The fourth-order valence-electron chi connectivity index (χ4n) is 2.56. The second-order valence-electron chi connectivity index (χ2n) is 6.13. The number of aromatic carboxylic acids is 1. The lowest BCUT2D eigenvalue weighted by molar-refractivity contribution is -0.115. The van der Waals surface area contributed by atoms with E-state index >= 15 is 0 Å². The molecule has 8 heteroatoms. The zero-order valence-electron chi connectivity index (χ0n) is 15.2. The van der Waals surface area contributed by atoms with Crippen LogP contribution in [0, 0.1) is 6.92 Å². The minimum atomic E-state index is -3.43. The number of benzene rings is 2. The maximum atomic E-state index is 12.3. The summed E-state index contributed by atoms with van der Waals surface area (Å²) in [6.07, 6.45) is 0.507. The van der Waals surface area contributed by atoms with E-state index in [0.717, 1.165) is 0 Å². The van der Waals surface area contributed by atoms with Crippen LogP contribution in [-0.4, -0.2) is 31.2 Å². The van der Waals surface area contributed by atoms with Gasteiger partial charge in [-0.15, -0.1) is 0 Å². The van der Waals surface area contributed by atoms with Crippen molar-refractivity contribution in [2.45, 2.75) is 26.7 Å². The van der Waals surface area contributed by atoms with Gasteiger partial charge in [-0.25, -0.2) is 13.2 Å². The molecule has 0 aliphatic heterocycles. The van der Waals surface area contributed by atoms with Crippen molar-refractivity contribution in [1.82, 2.24) is 0 Å². The highest BCUT2D eigenvalue weighted by Crippen LogP contribution is 2.24. The first kappa shape index (κ1) is 20.4. The molecule has 27 heavy (non-hydrogen) atoms. The van der Waals surface area contributed by atoms with E-state index in [9.17, 15) is 18.0 Å². The van der Waals surface area contributed by atoms with Crippen molar-refractivity contribution in [2.24, 2.45) is 0 Å². The van der Waals surface area contributed by atoms with E-state index in [-0.39, 0.29) is 23.6 Å². The predicted octanol–water partition coefficient (Wildman–Crippen LogP) is 3.03. The van der Waals surface area contributed by atoms with Crippen LogP contribution in [-0.2, 0) is 21.2 Å². The molecule has 0 saturated carbocycles. The molecule has 0 saturated heterocycles. The van der Waals surface area contributed by atoms with Crippen molar-refractivity contribution in [3.63, 3.8) is 0 Å². The quantitative estimate of drug-likeness (QED) is 0.641. The van der Waals surface area contributed by atoms with Crippen molar-refractivity contribution >= 4 is 33.3 Å². The Hall–Kier alpha value is -2.87. The molecule has 0 aliphatic rings. The van der Waals surface area contributed by atoms with Gasteiger partial charge in [0.2, 0.25) is 15.9 Å². The smallest absolute Gasteiger partial charge is 0.335 e. The molecule has 0 fully saturated rings. The lowest BCUT2D eigenvalue weighted by atomic mass is 10.1. The summed E-state index contributed by atoms with van der Waals surface area (Å²) in [4.78, 5) is 23.3. The number of carboxylic acids is 1. The summed E-state index contributed by atoms with van der Waals surface area (Å²) < 4.78 is 26.5. The van der Waals surface area contributed by atoms with Crippen molar-refractivity contribution in [3.05, 3.63) is 59.2 Å². The highest BCUT2D eigenvalue weighted by Gasteiger charge is 2.14. The van der Waals surface area contributed by atoms with Gasteiger partial charge >= 0.3 is 5.97 Å². The second kappa shape index (κ2) is 8.68. The molecule has 0 atom stereocenters. The zero-order chi connectivity index (χ0) is 20.0. The first-order valence-electron chi connectivity index (χ1n) is 8.44. The molecule has 2 aromatic carbocycles. The summed E-state index contributed by atoms with van der Waals surface area (Å²) in [6, 6.07) is 11.1. The molecule has 0 bridgehead atoms. The van der Waals surface area contributed by atoms with Crippen LogP contribution in [0.15, 0.2) is 42.5 Å². The number of sulfonamides is 1. The van der Waals surface area contributed by atoms with Crippen LogP contribution in [0.1, 0.15) is 34.8 Å². The van der Waals surface area contributed by atoms with E-state index in [1.165, 1.54) is 12.1 Å². The molecule has 0 spiro atoms. The van der Waals surface area contributed by atoms with E-state index in [4.69, 9.17) is 5.11 Å². The van der Waals surface area contributed by atoms with Gasteiger partial charge in [0.15, 0.2) is 0 Å². The summed E-state index contributed by atoms with van der Waals surface area (Å²) in [5, 5.41) is 11.8. The third kappa shape index (κ3) is 5.82. The Balaban J connectivity index is 2.13. The fraction of sp³-hybridized carbons (Fsp3) is 0.263. The normalized spacial score (nSPS) is 11.0. The summed E-state index contributed by atoms with van der Waals surface area (Å²) in [5.41, 5.74) is 2.19. The number of rotatable bonds is 8. The molecular weight excluding hydrogens is 368 g/mol. The van der Waals surface area contributed by atoms with Crippen LogP contribution in [0.3, 0.4) is 0 Å². The lowest BCUT2D eigenvalue weighted by Gasteiger charge is -2.14. The number of hydrogen-bond acceptors (Lipinski definition) is 4. The summed E-state index contributed by atoms with van der Waals surface area (Å²) in [7, 11) is -3.43. The minimum absolute atomic E-state index is 0.00630. The van der Waals surface area contributed by atoms with Gasteiger partial charge in [0, 0.05) is 5.69 Å². The van der Waals surface area contributed by atoms with Gasteiger partial charge in [0.05, 0.1) is 23.4 Å². The van der Waals surface area contributed by atoms with Crippen molar-refractivity contribution in [3.8, 4) is 0 Å². The monoisotopic (exact) mass is 390 g/mol. The van der Waals surface area contributed by atoms with Crippen molar-refractivity contribution < 1.29 is 23.1 Å². The molecule has 2 rings (SSSR count). The third-order valence-electron chi connectivity index (χ3n) is 3.88. The van der Waals surface area contributed by atoms with Crippen LogP contribution in [0.2, 0.25) is 0 Å². The van der Waals surface area contributed by atoms with E-state index in [1.807, 2.05) is 0 Å². The molecule has 3 N–H and O–H groups in total. The Labute approximate surface area is 158 Å². The Morgan fingerprint density at radius 3 is 2.41 bits per heavy atom. The number of nitrogens with one attached hydrogen (secondary N) is 2. The minimum Gasteiger partial charge on any atom is -0.478 e. The van der Waals surface area contributed by atoms with E-state index in [0.29, 0.717) is 28.9 Å². The van der Waals surface area contributed by atoms with Gasteiger partial charge in [-0.1, -0.05) is 25.1 Å². The number of carbonyl (C=O) groups is 2. The second-order valence-corrected chi connectivity index (χ2v) is 7.97. The summed E-state index contributed by atoms with van der Waals surface area (Å²) in [6.45, 7) is 3.49. The van der Waals surface area contributed by atoms with Crippen LogP contribution < -0.4 is 10.0 Å². The van der Waals surface area contributed by atoms with Crippen LogP contribution in [0.25, 0.3) is 0 Å². The van der Waals surface area contributed by atoms with E-state index < -0.39 is 16.0 Å². The number of carbonyl (C=O) groups excluding carboxylic acids is 1. The topological polar surface area (TPSA) is 113 Å². The predicted molar refractivity (Wildman–Crippen MR) is 105 cm³/mol. The van der Waals surface area contributed by atoms with Crippen molar-refractivity contribution in [2.75, 3.05) is 15.8 Å². The molecule has 0 aliphatic carbocycles. The fourth-order valence-corrected chi connectivity index (χ4v) is 3.76. The molecule has 1 amide bonds. The molecular formula is C19H22N2O5S. The Bertz CT molecular complexity index is 954. The van der Waals surface area contributed by atoms with Gasteiger partial charge < -0.3 is 10.4 Å². The standard InChI is InChI=1S/C19H22N2O5S/c1-3-10-27(25,26)21-17-9-5-8-16(13(17)2)20-18(22)12-14-6-4-7-15(11-14)19(23)24/h4-9,11,21H,3,10,12H2,1-2H3,(H,20,22)(H,23,24). The Morgan fingerprint density at radius 2 is 1.74 bits per heavy atom. The number of carboxylic acid groups (broad SMARTS) is 1. The Kier molecular flexibility index (Phi) is 6.57. The highest BCUT2D eigenvalue weighted by molar-refractivity contribution is 7.92. The van der Waals surface area contributed by atoms with Gasteiger partial charge in [0.1, 0.15) is 0 Å². The Morgan fingerprint density at radius 1 is 1.07 bits per heavy atom. The maximum Gasteiger partial charge on any atom is 0.335 e. The number of anilines is 2. The van der Waals surface area contributed by atoms with Gasteiger partial charge in [-0.05, 0) is 48.7 Å². The van der Waals surface area contributed by atoms with Gasteiger partial charge in [0.25, 0.3) is 0 Å². The van der Waals surface area contributed by atoms with E-state index in [2.05, 4.69) is 10.0 Å². The van der Waals surface area contributed by atoms with Crippen LogP contribution >= 0.6 is 0 Å². The maximum absolute atomic E-state index is 12.3. The molecule has 0 radical (unpaired) electrons. The zero-order valence-corrected chi connectivity index (χ0v) is 16.0. The first-order valence-corrected chi connectivity index (χ1v) is 10.1. The van der Waals surface area contributed by atoms with Crippen molar-refractivity contribution in [1.29, 1.82) is 0 Å². The summed E-state index contributed by atoms with van der Waals surface area (Å²) >= 11 is 0. The van der Waals surface area contributed by atoms with Crippen LogP contribution in [0.5, 0.6) is 0 Å². The summed E-state index contributed by atoms with van der Waals surface area (Å²) in [5.74, 6) is -1.36. The molecule has 2 aromatic rings. The first-order chi connectivity index (χ1) is 12.7. The average molecular weight is 390 g/mol. The lowest BCUT2D eigenvalue weighted by Crippen LogP contribution is -2.18. The molecule has 0 unspecified atom stereocenters. The SMILES string of the molecule is CCCS(=O)(=O)Nc1cccc(NC(=O)Cc2cccc(C(=O)O)c2)c1C. The van der Waals surface area contributed by atoms with Crippen LogP contribution in [0.4, 0.5) is 11.4 Å². The number of amides is 1. The molecule has 7 nitrogen and oxygen atoms in total. The average Bonchev–Trinajstić information content (AvgIpc) is 2.58. The highest BCUT2D eigenvalue weighted by atomic mass is 32.2.